The summed E-state index contributed by atoms with van der Waals surface area (Å²) < 4.78 is 0. The maximum atomic E-state index is 3.41. The fraction of sp³-hybridized carbons (Fsp3) is 1.00. The lowest BCUT2D eigenvalue weighted by atomic mass is 9.96. The Morgan fingerprint density at radius 1 is 1.00 bits per heavy atom. The molecule has 0 spiro atoms. The number of hydrogen-bond donors (Lipinski definition) is 2. The molecular weight excluding hydrogens is 232 g/mol. The standard InChI is InChI=1S/C7H15N.C6H13N.2C2H6/c1-6(2)7-3-4-8-5-7;1-2-6-4-3-5-7-6;2*1-2/h6-8H,3-5H2,1-2H3;6-7H,2-5H2,1H3;2*1-2H3. The molecule has 0 aromatic heterocycles. The van der Waals surface area contributed by atoms with Gasteiger partial charge in [0.05, 0.1) is 0 Å². The zero-order chi connectivity index (χ0) is 15.1. The van der Waals surface area contributed by atoms with Crippen LogP contribution in [0.3, 0.4) is 0 Å². The lowest BCUT2D eigenvalue weighted by molar-refractivity contribution is 0.419. The van der Waals surface area contributed by atoms with Crippen molar-refractivity contribution in [3.05, 3.63) is 0 Å². The third-order valence-corrected chi connectivity index (χ3v) is 3.70. The smallest absolute Gasteiger partial charge is 0.00649 e. The molecule has 2 atom stereocenters. The molecule has 0 saturated carbocycles. The summed E-state index contributed by atoms with van der Waals surface area (Å²) in [6, 6.07) is 0.847. The Bertz CT molecular complexity index is 145. The van der Waals surface area contributed by atoms with E-state index in [1.54, 1.807) is 0 Å². The molecule has 2 fully saturated rings. The van der Waals surface area contributed by atoms with Crippen LogP contribution in [0.2, 0.25) is 0 Å². The molecule has 2 rings (SSSR count). The molecule has 0 bridgehead atoms. The first-order valence-corrected chi connectivity index (χ1v) is 8.68. The molecule has 2 unspecified atom stereocenters. The van der Waals surface area contributed by atoms with Crippen molar-refractivity contribution in [1.29, 1.82) is 0 Å². The van der Waals surface area contributed by atoms with E-state index < -0.39 is 0 Å². The van der Waals surface area contributed by atoms with E-state index in [0.29, 0.717) is 0 Å². The minimum absolute atomic E-state index is 0.847. The van der Waals surface area contributed by atoms with Gasteiger partial charge in [0.2, 0.25) is 0 Å². The number of nitrogens with one attached hydrogen (secondary N) is 2. The van der Waals surface area contributed by atoms with Crippen LogP contribution in [0.4, 0.5) is 0 Å². The number of rotatable bonds is 2. The molecule has 2 N–H and O–H groups in total. The third-order valence-electron chi connectivity index (χ3n) is 3.70. The van der Waals surface area contributed by atoms with Crippen LogP contribution >= 0.6 is 0 Å². The fourth-order valence-corrected chi connectivity index (χ4v) is 2.35. The van der Waals surface area contributed by atoms with Crippen LogP contribution in [0.25, 0.3) is 0 Å². The maximum Gasteiger partial charge on any atom is 0.00649 e. The lowest BCUT2D eigenvalue weighted by Gasteiger charge is -2.10. The first-order chi connectivity index (χ1) is 9.24. The van der Waals surface area contributed by atoms with E-state index in [-0.39, 0.29) is 0 Å². The van der Waals surface area contributed by atoms with E-state index in [1.165, 1.54) is 45.3 Å². The molecule has 2 nitrogen and oxygen atoms in total. The van der Waals surface area contributed by atoms with Gasteiger partial charge in [-0.3, -0.25) is 0 Å². The second-order valence-corrected chi connectivity index (χ2v) is 5.20. The molecule has 0 aliphatic carbocycles. The highest BCUT2D eigenvalue weighted by Gasteiger charge is 2.16. The Morgan fingerprint density at radius 3 is 1.84 bits per heavy atom. The molecule has 2 aliphatic heterocycles. The molecule has 2 heteroatoms. The molecular formula is C17H40N2. The monoisotopic (exact) mass is 272 g/mol. The summed E-state index contributed by atoms with van der Waals surface area (Å²) in [5, 5.41) is 6.76. The second kappa shape index (κ2) is 16.0. The Labute approximate surface area is 123 Å². The third kappa shape index (κ3) is 11.4. The molecule has 2 heterocycles. The Balaban J connectivity index is 0. The molecule has 0 radical (unpaired) electrons. The predicted molar refractivity (Wildman–Crippen MR) is 89.8 cm³/mol. The van der Waals surface area contributed by atoms with Crippen molar-refractivity contribution < 1.29 is 0 Å². The molecule has 2 aliphatic rings. The van der Waals surface area contributed by atoms with Gasteiger partial charge in [0.1, 0.15) is 0 Å². The summed E-state index contributed by atoms with van der Waals surface area (Å²) in [5.41, 5.74) is 0. The van der Waals surface area contributed by atoms with E-state index in [9.17, 15) is 0 Å². The summed E-state index contributed by atoms with van der Waals surface area (Å²) in [5.74, 6) is 1.83. The van der Waals surface area contributed by atoms with Crippen molar-refractivity contribution in [2.24, 2.45) is 11.8 Å². The van der Waals surface area contributed by atoms with Crippen LogP contribution in [0.1, 0.15) is 74.1 Å². The highest BCUT2D eigenvalue weighted by Crippen LogP contribution is 2.16. The Hall–Kier alpha value is -0.0800. The zero-order valence-corrected chi connectivity index (χ0v) is 14.7. The van der Waals surface area contributed by atoms with Crippen LogP contribution in [-0.2, 0) is 0 Å². The average molecular weight is 273 g/mol. The van der Waals surface area contributed by atoms with Gasteiger partial charge < -0.3 is 10.6 Å². The minimum atomic E-state index is 0.847. The molecule has 0 amide bonds. The van der Waals surface area contributed by atoms with Crippen LogP contribution in [0.15, 0.2) is 0 Å². The largest absolute Gasteiger partial charge is 0.316 e. The molecule has 0 aromatic rings. The van der Waals surface area contributed by atoms with Crippen molar-refractivity contribution in [2.45, 2.75) is 80.2 Å². The molecule has 118 valence electrons. The normalized spacial score (nSPS) is 24.6. The van der Waals surface area contributed by atoms with Crippen molar-refractivity contribution in [3.63, 3.8) is 0 Å². The summed E-state index contributed by atoms with van der Waals surface area (Å²) in [7, 11) is 0. The predicted octanol–water partition coefficient (Wildman–Crippen LogP) is 4.45. The zero-order valence-electron chi connectivity index (χ0n) is 14.7. The van der Waals surface area contributed by atoms with Crippen LogP contribution in [0.5, 0.6) is 0 Å². The molecule has 19 heavy (non-hydrogen) atoms. The van der Waals surface area contributed by atoms with Gasteiger partial charge in [-0.2, -0.15) is 0 Å². The average Bonchev–Trinajstić information content (AvgIpc) is 3.17. The van der Waals surface area contributed by atoms with E-state index >= 15 is 0 Å². The fourth-order valence-electron chi connectivity index (χ4n) is 2.35. The van der Waals surface area contributed by atoms with Crippen molar-refractivity contribution in [2.75, 3.05) is 19.6 Å². The van der Waals surface area contributed by atoms with Crippen molar-refractivity contribution in [1.82, 2.24) is 10.6 Å². The summed E-state index contributed by atoms with van der Waals surface area (Å²) in [6.45, 7) is 18.6. The van der Waals surface area contributed by atoms with Gasteiger partial charge in [-0.1, -0.05) is 48.5 Å². The Kier molecular flexibility index (Phi) is 17.8. The van der Waals surface area contributed by atoms with E-state index in [1.807, 2.05) is 27.7 Å². The maximum absolute atomic E-state index is 3.41. The van der Waals surface area contributed by atoms with E-state index in [4.69, 9.17) is 0 Å². The summed E-state index contributed by atoms with van der Waals surface area (Å²) in [4.78, 5) is 0. The SMILES string of the molecule is CC.CC.CC(C)C1CCNC1.CCC1CCCN1. The highest BCUT2D eigenvalue weighted by atomic mass is 14.9. The number of hydrogen-bond acceptors (Lipinski definition) is 2. The van der Waals surface area contributed by atoms with Crippen molar-refractivity contribution >= 4 is 0 Å². The van der Waals surface area contributed by atoms with Gasteiger partial charge >= 0.3 is 0 Å². The quantitative estimate of drug-likeness (QED) is 0.776. The first kappa shape index (κ1) is 21.2. The van der Waals surface area contributed by atoms with Gasteiger partial charge in [-0.15, -0.1) is 0 Å². The van der Waals surface area contributed by atoms with Gasteiger partial charge in [0.15, 0.2) is 0 Å². The van der Waals surface area contributed by atoms with Gasteiger partial charge in [-0.25, -0.2) is 0 Å². The summed E-state index contributed by atoms with van der Waals surface area (Å²) in [6.07, 6.45) is 5.48. The summed E-state index contributed by atoms with van der Waals surface area (Å²) >= 11 is 0. The van der Waals surface area contributed by atoms with Crippen LogP contribution < -0.4 is 10.6 Å². The van der Waals surface area contributed by atoms with Gasteiger partial charge in [0.25, 0.3) is 0 Å². The topological polar surface area (TPSA) is 24.1 Å². The highest BCUT2D eigenvalue weighted by molar-refractivity contribution is 4.73. The molecule has 2 saturated heterocycles. The van der Waals surface area contributed by atoms with Crippen LogP contribution in [0, 0.1) is 11.8 Å². The van der Waals surface area contributed by atoms with Gasteiger partial charge in [0, 0.05) is 6.04 Å². The Morgan fingerprint density at radius 2 is 1.63 bits per heavy atom. The van der Waals surface area contributed by atoms with Gasteiger partial charge in [-0.05, 0) is 57.2 Å². The molecule has 0 aromatic carbocycles. The van der Waals surface area contributed by atoms with E-state index in [2.05, 4.69) is 31.4 Å². The van der Waals surface area contributed by atoms with Crippen molar-refractivity contribution in [3.8, 4) is 0 Å². The van der Waals surface area contributed by atoms with E-state index in [0.717, 1.165) is 17.9 Å². The van der Waals surface area contributed by atoms with Crippen LogP contribution in [-0.4, -0.2) is 25.7 Å². The first-order valence-electron chi connectivity index (χ1n) is 8.68. The minimum Gasteiger partial charge on any atom is -0.316 e. The second-order valence-electron chi connectivity index (χ2n) is 5.20. The lowest BCUT2D eigenvalue weighted by Crippen LogP contribution is -2.19.